The van der Waals surface area contributed by atoms with E-state index >= 15 is 0 Å². The average Bonchev–Trinajstić information content (AvgIpc) is 3.19. The van der Waals surface area contributed by atoms with Crippen molar-refractivity contribution in [3.63, 3.8) is 0 Å². The third-order valence-corrected chi connectivity index (χ3v) is 8.52. The summed E-state index contributed by atoms with van der Waals surface area (Å²) in [5.41, 5.74) is 13.6. The minimum Gasteiger partial charge on any atom is -0.248 e. The van der Waals surface area contributed by atoms with E-state index in [2.05, 4.69) is 140 Å². The van der Waals surface area contributed by atoms with E-state index in [4.69, 9.17) is 15.0 Å². The summed E-state index contributed by atoms with van der Waals surface area (Å²) in [7, 11) is 0. The maximum Gasteiger partial charge on any atom is 0.160 e. The third-order valence-electron chi connectivity index (χ3n) is 8.52. The molecule has 0 unspecified atom stereocenters. The molecule has 0 saturated heterocycles. The first-order chi connectivity index (χ1) is 23.8. The van der Waals surface area contributed by atoms with Crippen LogP contribution in [-0.4, -0.2) is 15.0 Å². The first-order valence-corrected chi connectivity index (χ1v) is 16.1. The van der Waals surface area contributed by atoms with Gasteiger partial charge in [-0.2, -0.15) is 0 Å². The summed E-state index contributed by atoms with van der Waals surface area (Å²) in [5, 5.41) is 0. The van der Waals surface area contributed by atoms with Crippen molar-refractivity contribution in [3.8, 4) is 78.7 Å². The quantitative estimate of drug-likeness (QED) is 0.179. The van der Waals surface area contributed by atoms with Gasteiger partial charge in [0.2, 0.25) is 0 Å². The SMILES string of the molecule is c1ccc(-c2cc(-c3ccc(-c4ccc(-c5nc(-c6ccccc6)cc(-c6ccccc6)n5)cc4)cc3)cc(-c3ccccc3)n2)cc1. The van der Waals surface area contributed by atoms with Crippen molar-refractivity contribution >= 4 is 0 Å². The van der Waals surface area contributed by atoms with Gasteiger partial charge in [0.05, 0.1) is 22.8 Å². The summed E-state index contributed by atoms with van der Waals surface area (Å²) in [4.78, 5) is 15.0. The highest BCUT2D eigenvalue weighted by molar-refractivity contribution is 5.79. The van der Waals surface area contributed by atoms with Gasteiger partial charge in [0.1, 0.15) is 0 Å². The number of aromatic nitrogens is 3. The van der Waals surface area contributed by atoms with Gasteiger partial charge in [0, 0.05) is 27.8 Å². The maximum absolute atomic E-state index is 5.03. The Kier molecular flexibility index (Phi) is 7.92. The highest BCUT2D eigenvalue weighted by Crippen LogP contribution is 2.33. The van der Waals surface area contributed by atoms with E-state index in [1.54, 1.807) is 0 Å². The predicted molar refractivity (Wildman–Crippen MR) is 198 cm³/mol. The monoisotopic (exact) mass is 613 g/mol. The van der Waals surface area contributed by atoms with Gasteiger partial charge in [-0.25, -0.2) is 15.0 Å². The van der Waals surface area contributed by atoms with Crippen LogP contribution in [0.15, 0.2) is 188 Å². The topological polar surface area (TPSA) is 38.7 Å². The van der Waals surface area contributed by atoms with Crippen LogP contribution in [0.2, 0.25) is 0 Å². The first kappa shape index (κ1) is 29.0. The van der Waals surface area contributed by atoms with E-state index in [1.165, 1.54) is 0 Å². The first-order valence-electron chi connectivity index (χ1n) is 16.1. The largest absolute Gasteiger partial charge is 0.248 e. The summed E-state index contributed by atoms with van der Waals surface area (Å²) < 4.78 is 0. The van der Waals surface area contributed by atoms with E-state index in [-0.39, 0.29) is 0 Å². The normalized spacial score (nSPS) is 10.9. The Hall–Kier alpha value is -6.45. The fraction of sp³-hybridized carbons (Fsp3) is 0. The van der Waals surface area contributed by atoms with E-state index in [0.29, 0.717) is 5.82 Å². The zero-order valence-electron chi connectivity index (χ0n) is 26.2. The predicted octanol–water partition coefficient (Wildman–Crippen LogP) is 11.5. The lowest BCUT2D eigenvalue weighted by atomic mass is 9.97. The summed E-state index contributed by atoms with van der Waals surface area (Å²) in [6, 6.07) is 65.0. The zero-order valence-corrected chi connectivity index (χ0v) is 26.2. The van der Waals surface area contributed by atoms with E-state index < -0.39 is 0 Å². The van der Waals surface area contributed by atoms with Crippen LogP contribution in [0.5, 0.6) is 0 Å². The molecular formula is C45H31N3. The van der Waals surface area contributed by atoms with Crippen LogP contribution in [0.1, 0.15) is 0 Å². The van der Waals surface area contributed by atoms with Crippen molar-refractivity contribution in [2.45, 2.75) is 0 Å². The second-order valence-corrected chi connectivity index (χ2v) is 11.7. The molecule has 0 radical (unpaired) electrons. The third kappa shape index (κ3) is 6.18. The number of hydrogen-bond acceptors (Lipinski definition) is 3. The number of nitrogens with zero attached hydrogens (tertiary/aromatic N) is 3. The number of pyridine rings is 1. The Morgan fingerprint density at radius 1 is 0.208 bits per heavy atom. The molecule has 0 aliphatic rings. The van der Waals surface area contributed by atoms with Crippen molar-refractivity contribution in [2.75, 3.05) is 0 Å². The minimum atomic E-state index is 0.707. The highest BCUT2D eigenvalue weighted by atomic mass is 14.9. The molecule has 0 amide bonds. The molecule has 3 heteroatoms. The lowest BCUT2D eigenvalue weighted by Gasteiger charge is -2.11. The van der Waals surface area contributed by atoms with Gasteiger partial charge in [0.15, 0.2) is 5.82 Å². The molecule has 0 bridgehead atoms. The molecule has 0 aliphatic heterocycles. The van der Waals surface area contributed by atoms with E-state index in [1.807, 2.05) is 48.5 Å². The van der Waals surface area contributed by atoms with Crippen molar-refractivity contribution in [3.05, 3.63) is 188 Å². The fourth-order valence-electron chi connectivity index (χ4n) is 5.97. The molecule has 0 N–H and O–H groups in total. The van der Waals surface area contributed by atoms with Crippen LogP contribution in [0.3, 0.4) is 0 Å². The lowest BCUT2D eigenvalue weighted by Crippen LogP contribution is -1.95. The molecule has 8 aromatic rings. The number of rotatable bonds is 7. The molecule has 0 aliphatic carbocycles. The van der Waals surface area contributed by atoms with Gasteiger partial charge in [0.25, 0.3) is 0 Å². The van der Waals surface area contributed by atoms with Gasteiger partial charge in [-0.3, -0.25) is 0 Å². The Morgan fingerprint density at radius 2 is 0.500 bits per heavy atom. The molecule has 48 heavy (non-hydrogen) atoms. The van der Waals surface area contributed by atoms with Gasteiger partial charge in [-0.1, -0.05) is 170 Å². The molecular weight excluding hydrogens is 583 g/mol. The standard InChI is InChI=1S/C45H31N3/c1-5-13-35(14-6-1)41-29-40(30-42(46-41)36-15-7-2-8-16-36)34-23-21-32(22-24-34)33-25-27-39(28-26-33)45-47-43(37-17-9-3-10-18-37)31-44(48-45)38-19-11-4-12-20-38/h1-31H. The minimum absolute atomic E-state index is 0.707. The second-order valence-electron chi connectivity index (χ2n) is 11.7. The van der Waals surface area contributed by atoms with Crippen LogP contribution >= 0.6 is 0 Å². The molecule has 2 aromatic heterocycles. The summed E-state index contributed by atoms with van der Waals surface area (Å²) >= 11 is 0. The van der Waals surface area contributed by atoms with Crippen LogP contribution in [-0.2, 0) is 0 Å². The lowest BCUT2D eigenvalue weighted by molar-refractivity contribution is 1.18. The Balaban J connectivity index is 1.11. The van der Waals surface area contributed by atoms with Crippen LogP contribution in [0.25, 0.3) is 78.7 Å². The molecule has 0 saturated carbocycles. The van der Waals surface area contributed by atoms with Crippen LogP contribution in [0.4, 0.5) is 0 Å². The molecule has 8 rings (SSSR count). The fourth-order valence-corrected chi connectivity index (χ4v) is 5.97. The van der Waals surface area contributed by atoms with Gasteiger partial charge in [-0.05, 0) is 40.5 Å². The van der Waals surface area contributed by atoms with Crippen molar-refractivity contribution in [1.29, 1.82) is 0 Å². The van der Waals surface area contributed by atoms with Crippen molar-refractivity contribution in [1.82, 2.24) is 15.0 Å². The molecule has 3 nitrogen and oxygen atoms in total. The summed E-state index contributed by atoms with van der Waals surface area (Å²) in [6.45, 7) is 0. The Bertz CT molecular complexity index is 2000. The Morgan fingerprint density at radius 3 is 0.854 bits per heavy atom. The van der Waals surface area contributed by atoms with Crippen molar-refractivity contribution < 1.29 is 0 Å². The molecule has 6 aromatic carbocycles. The smallest absolute Gasteiger partial charge is 0.160 e. The number of benzene rings is 6. The second kappa shape index (κ2) is 13.1. The molecule has 226 valence electrons. The van der Waals surface area contributed by atoms with E-state index in [9.17, 15) is 0 Å². The highest BCUT2D eigenvalue weighted by Gasteiger charge is 2.12. The van der Waals surface area contributed by atoms with Gasteiger partial charge in [-0.15, -0.1) is 0 Å². The molecule has 2 heterocycles. The van der Waals surface area contributed by atoms with Crippen LogP contribution < -0.4 is 0 Å². The molecule has 0 spiro atoms. The maximum atomic E-state index is 5.03. The molecule has 0 fully saturated rings. The number of hydrogen-bond donors (Lipinski definition) is 0. The average molecular weight is 614 g/mol. The molecule has 0 atom stereocenters. The summed E-state index contributed by atoms with van der Waals surface area (Å²) in [5.74, 6) is 0.707. The Labute approximate surface area is 280 Å². The summed E-state index contributed by atoms with van der Waals surface area (Å²) in [6.07, 6.45) is 0. The van der Waals surface area contributed by atoms with Gasteiger partial charge < -0.3 is 0 Å². The zero-order chi connectivity index (χ0) is 32.1. The van der Waals surface area contributed by atoms with E-state index in [0.717, 1.165) is 72.8 Å². The van der Waals surface area contributed by atoms with Crippen LogP contribution in [0, 0.1) is 0 Å². The van der Waals surface area contributed by atoms with Gasteiger partial charge >= 0.3 is 0 Å². The van der Waals surface area contributed by atoms with Crippen molar-refractivity contribution in [2.24, 2.45) is 0 Å².